The summed E-state index contributed by atoms with van der Waals surface area (Å²) in [4.78, 5) is 0. The van der Waals surface area contributed by atoms with Crippen LogP contribution in [0, 0.1) is 19.7 Å². The molecule has 0 saturated carbocycles. The number of aryl methyl sites for hydroxylation is 2. The van der Waals surface area contributed by atoms with Crippen LogP contribution in [-0.4, -0.2) is 10.7 Å². The zero-order chi connectivity index (χ0) is 20.1. The molecule has 0 aliphatic carbocycles. The Balaban J connectivity index is 1.62. The molecule has 3 aromatic rings. The monoisotopic (exact) mass is 406 g/mol. The van der Waals surface area contributed by atoms with Crippen LogP contribution in [0.3, 0.4) is 0 Å². The highest BCUT2D eigenvalue weighted by Gasteiger charge is 2.41. The fourth-order valence-electron chi connectivity index (χ4n) is 4.18. The number of hydrogen-bond donors (Lipinski definition) is 0. The Kier molecular flexibility index (Phi) is 4.32. The maximum Gasteiger partial charge on any atom is 0.214 e. The van der Waals surface area contributed by atoms with Gasteiger partial charge >= 0.3 is 0 Å². The molecule has 2 aliphatic heterocycles. The quantitative estimate of drug-likeness (QED) is 0.496. The number of rotatable bonds is 2. The summed E-state index contributed by atoms with van der Waals surface area (Å²) in [6.07, 6.45) is 0.385. The Morgan fingerprint density at radius 3 is 2.55 bits per heavy atom. The van der Waals surface area contributed by atoms with Crippen LogP contribution < -0.4 is 4.74 Å². The summed E-state index contributed by atoms with van der Waals surface area (Å²) >= 11 is 6.28. The average molecular weight is 407 g/mol. The lowest BCUT2D eigenvalue weighted by molar-refractivity contribution is -0.0194. The Bertz CT molecular complexity index is 1130. The molecule has 0 aromatic heterocycles. The molecule has 3 aromatic carbocycles. The lowest BCUT2D eigenvalue weighted by Gasteiger charge is -2.38. The van der Waals surface area contributed by atoms with E-state index in [0.29, 0.717) is 11.4 Å². The Morgan fingerprint density at radius 2 is 1.79 bits per heavy atom. The number of fused-ring (bicyclic) bond motifs is 3. The van der Waals surface area contributed by atoms with Gasteiger partial charge in [0, 0.05) is 22.6 Å². The number of nitrogens with zero attached hydrogens (tertiary/aromatic N) is 2. The van der Waals surface area contributed by atoms with Gasteiger partial charge in [-0.2, -0.15) is 5.10 Å². The first-order valence-corrected chi connectivity index (χ1v) is 10.0. The first-order chi connectivity index (χ1) is 14.0. The van der Waals surface area contributed by atoms with Crippen molar-refractivity contribution in [1.29, 1.82) is 0 Å². The number of benzene rings is 3. The van der Waals surface area contributed by atoms with Gasteiger partial charge < -0.3 is 4.74 Å². The third-order valence-electron chi connectivity index (χ3n) is 5.62. The molecule has 3 nitrogen and oxygen atoms in total. The largest absolute Gasteiger partial charge is 0.464 e. The molecule has 0 bridgehead atoms. The van der Waals surface area contributed by atoms with Crippen LogP contribution in [0.4, 0.5) is 4.39 Å². The lowest BCUT2D eigenvalue weighted by Crippen LogP contribution is -2.34. The van der Waals surface area contributed by atoms with Gasteiger partial charge in [0.1, 0.15) is 11.6 Å². The molecular formula is C24H20ClFN2O. The van der Waals surface area contributed by atoms with Crippen LogP contribution in [0.5, 0.6) is 5.75 Å². The standard InChI is InChI=1S/C24H20ClFN2O/c1-14-3-9-19(15(2)11-14)24-28-22(20-12-17(25)6-10-23(20)29-24)13-21(27-28)16-4-7-18(26)8-5-16/h3-12,22,24H,13H2,1-2H3/t22-,24+/m1/s1. The molecule has 5 rings (SSSR count). The van der Waals surface area contributed by atoms with E-state index in [9.17, 15) is 4.39 Å². The highest BCUT2D eigenvalue weighted by atomic mass is 35.5. The molecule has 146 valence electrons. The van der Waals surface area contributed by atoms with Gasteiger partial charge in [0.15, 0.2) is 0 Å². The van der Waals surface area contributed by atoms with Gasteiger partial charge in [-0.25, -0.2) is 9.40 Å². The van der Waals surface area contributed by atoms with Gasteiger partial charge in [-0.1, -0.05) is 47.5 Å². The van der Waals surface area contributed by atoms with Gasteiger partial charge in [0.25, 0.3) is 0 Å². The average Bonchev–Trinajstić information content (AvgIpc) is 3.14. The van der Waals surface area contributed by atoms with Gasteiger partial charge in [-0.3, -0.25) is 0 Å². The van der Waals surface area contributed by atoms with Crippen molar-refractivity contribution >= 4 is 17.3 Å². The van der Waals surface area contributed by atoms with Gasteiger partial charge in [-0.05, 0) is 55.3 Å². The summed E-state index contributed by atoms with van der Waals surface area (Å²) < 4.78 is 19.8. The smallest absolute Gasteiger partial charge is 0.214 e. The van der Waals surface area contributed by atoms with Crippen LogP contribution in [0.1, 0.15) is 46.5 Å². The van der Waals surface area contributed by atoms with Crippen molar-refractivity contribution in [3.05, 3.63) is 99.3 Å². The molecule has 2 aliphatic rings. The van der Waals surface area contributed by atoms with E-state index in [1.165, 1.54) is 17.7 Å². The molecule has 2 atom stereocenters. The van der Waals surface area contributed by atoms with E-state index < -0.39 is 0 Å². The maximum absolute atomic E-state index is 13.4. The molecule has 0 amide bonds. The van der Waals surface area contributed by atoms with Crippen LogP contribution in [0.25, 0.3) is 0 Å². The molecule has 0 N–H and O–H groups in total. The van der Waals surface area contributed by atoms with Crippen molar-refractivity contribution < 1.29 is 9.13 Å². The third-order valence-corrected chi connectivity index (χ3v) is 5.86. The number of halogens is 2. The number of ether oxygens (including phenoxy) is 1. The molecule has 5 heteroatoms. The van der Waals surface area contributed by atoms with E-state index in [2.05, 4.69) is 32.0 Å². The Labute approximate surface area is 174 Å². The van der Waals surface area contributed by atoms with Crippen molar-refractivity contribution in [3.8, 4) is 5.75 Å². The third kappa shape index (κ3) is 3.18. The molecule has 0 saturated heterocycles. The maximum atomic E-state index is 13.4. The fourth-order valence-corrected chi connectivity index (χ4v) is 4.36. The second-order valence-corrected chi connectivity index (χ2v) is 8.10. The predicted octanol–water partition coefficient (Wildman–Crippen LogP) is 6.34. The molecule has 0 spiro atoms. The van der Waals surface area contributed by atoms with Crippen molar-refractivity contribution in [3.63, 3.8) is 0 Å². The van der Waals surface area contributed by atoms with E-state index in [0.717, 1.165) is 33.7 Å². The summed E-state index contributed by atoms with van der Waals surface area (Å²) in [5, 5.41) is 7.62. The second kappa shape index (κ2) is 6.89. The zero-order valence-corrected chi connectivity index (χ0v) is 16.9. The minimum Gasteiger partial charge on any atom is -0.464 e. The molecule has 0 fully saturated rings. The highest BCUT2D eigenvalue weighted by Crippen LogP contribution is 2.48. The van der Waals surface area contributed by atoms with Gasteiger partial charge in [-0.15, -0.1) is 0 Å². The minimum atomic E-state index is -0.327. The normalized spacial score (nSPS) is 20.0. The Hall–Kier alpha value is -2.85. The number of hydrogen-bond acceptors (Lipinski definition) is 3. The van der Waals surface area contributed by atoms with E-state index >= 15 is 0 Å². The van der Waals surface area contributed by atoms with Crippen LogP contribution >= 0.6 is 11.6 Å². The Morgan fingerprint density at radius 1 is 1.00 bits per heavy atom. The summed E-state index contributed by atoms with van der Waals surface area (Å²) in [7, 11) is 0. The molecule has 29 heavy (non-hydrogen) atoms. The molecule has 0 unspecified atom stereocenters. The van der Waals surface area contributed by atoms with Gasteiger partial charge in [0.05, 0.1) is 11.8 Å². The van der Waals surface area contributed by atoms with E-state index in [1.807, 2.05) is 23.2 Å². The SMILES string of the molecule is Cc1ccc([C@@H]2Oc3ccc(Cl)cc3[C@H]3CC(c4ccc(F)cc4)=NN32)c(C)c1. The van der Waals surface area contributed by atoms with Crippen LogP contribution in [0.15, 0.2) is 65.8 Å². The summed E-state index contributed by atoms with van der Waals surface area (Å²) in [5.74, 6) is 0.579. The van der Waals surface area contributed by atoms with Crippen LogP contribution in [-0.2, 0) is 0 Å². The number of hydrazone groups is 1. The van der Waals surface area contributed by atoms with E-state index in [-0.39, 0.29) is 18.1 Å². The van der Waals surface area contributed by atoms with Crippen molar-refractivity contribution in [2.45, 2.75) is 32.5 Å². The first-order valence-electron chi connectivity index (χ1n) is 9.64. The highest BCUT2D eigenvalue weighted by molar-refractivity contribution is 6.30. The van der Waals surface area contributed by atoms with Crippen molar-refractivity contribution in [2.75, 3.05) is 0 Å². The van der Waals surface area contributed by atoms with Crippen molar-refractivity contribution in [2.24, 2.45) is 5.10 Å². The fraction of sp³-hybridized carbons (Fsp3) is 0.208. The zero-order valence-electron chi connectivity index (χ0n) is 16.2. The topological polar surface area (TPSA) is 24.8 Å². The van der Waals surface area contributed by atoms with Crippen LogP contribution in [0.2, 0.25) is 5.02 Å². The molecule has 2 heterocycles. The molecular weight excluding hydrogens is 387 g/mol. The minimum absolute atomic E-state index is 0.0169. The van der Waals surface area contributed by atoms with Gasteiger partial charge in [0.2, 0.25) is 6.23 Å². The summed E-state index contributed by atoms with van der Waals surface area (Å²) in [5.41, 5.74) is 6.33. The lowest BCUT2D eigenvalue weighted by atomic mass is 9.95. The van der Waals surface area contributed by atoms with E-state index in [1.54, 1.807) is 12.1 Å². The summed E-state index contributed by atoms with van der Waals surface area (Å²) in [6, 6.07) is 18.6. The predicted molar refractivity (Wildman–Crippen MR) is 113 cm³/mol. The first kappa shape index (κ1) is 18.2. The van der Waals surface area contributed by atoms with E-state index in [4.69, 9.17) is 21.4 Å². The summed E-state index contributed by atoms with van der Waals surface area (Å²) in [6.45, 7) is 4.18. The van der Waals surface area contributed by atoms with Crippen molar-refractivity contribution in [1.82, 2.24) is 5.01 Å². The molecule has 0 radical (unpaired) electrons. The second-order valence-electron chi connectivity index (χ2n) is 7.67.